The van der Waals surface area contributed by atoms with Crippen molar-refractivity contribution < 1.29 is 9.90 Å². The fraction of sp³-hybridized carbons (Fsp3) is 0.471. The zero-order valence-corrected chi connectivity index (χ0v) is 14.0. The zero-order valence-electron chi connectivity index (χ0n) is 14.0. The Morgan fingerprint density at radius 3 is 2.83 bits per heavy atom. The molecular weight excluding hydrogens is 308 g/mol. The first kappa shape index (κ1) is 16.4. The molecule has 0 spiro atoms. The van der Waals surface area contributed by atoms with Crippen LogP contribution in [-0.2, 0) is 11.3 Å². The summed E-state index contributed by atoms with van der Waals surface area (Å²) < 4.78 is 1.50. The molecule has 1 aromatic carbocycles. The molecule has 7 heteroatoms. The van der Waals surface area contributed by atoms with Crippen LogP contribution in [0.5, 0.6) is 0 Å². The summed E-state index contributed by atoms with van der Waals surface area (Å²) in [6, 6.07) is 7.19. The predicted molar refractivity (Wildman–Crippen MR) is 92.1 cm³/mol. The zero-order chi connectivity index (χ0) is 17.3. The molecule has 1 N–H and O–H groups in total. The van der Waals surface area contributed by atoms with Gasteiger partial charge in [-0.05, 0) is 18.6 Å². The van der Waals surface area contributed by atoms with Gasteiger partial charge in [0, 0.05) is 27.2 Å². The number of aliphatic hydroxyl groups is 1. The van der Waals surface area contributed by atoms with Crippen molar-refractivity contribution >= 4 is 22.8 Å². The molecule has 0 saturated carbocycles. The Bertz CT molecular complexity index is 815. The number of benzene rings is 1. The topological polar surface area (TPSA) is 78.7 Å². The molecule has 2 heterocycles. The van der Waals surface area contributed by atoms with Gasteiger partial charge in [-0.25, -0.2) is 4.98 Å². The molecule has 3 rings (SSSR count). The summed E-state index contributed by atoms with van der Waals surface area (Å²) in [6.45, 7) is 1.25. The average Bonchev–Trinajstić information content (AvgIpc) is 3.06. The third kappa shape index (κ3) is 2.87. The van der Waals surface area contributed by atoms with E-state index in [2.05, 4.69) is 4.98 Å². The summed E-state index contributed by atoms with van der Waals surface area (Å²) in [5.74, 6) is 0.530. The number of aromatic nitrogens is 2. The molecule has 1 atom stereocenters. The van der Waals surface area contributed by atoms with E-state index in [1.165, 1.54) is 4.57 Å². The average molecular weight is 330 g/mol. The molecule has 1 aliphatic rings. The van der Waals surface area contributed by atoms with Crippen molar-refractivity contribution in [2.45, 2.75) is 13.0 Å². The van der Waals surface area contributed by atoms with Crippen molar-refractivity contribution in [2.75, 3.05) is 38.7 Å². The summed E-state index contributed by atoms with van der Waals surface area (Å²) in [5.41, 5.74) is 0.473. The molecule has 1 aromatic heterocycles. The van der Waals surface area contributed by atoms with Crippen LogP contribution >= 0.6 is 0 Å². The number of fused-ring (bicyclic) bond motifs is 1. The number of nitrogens with zero attached hydrogens (tertiary/aromatic N) is 4. The third-order valence-electron chi connectivity index (χ3n) is 4.43. The highest BCUT2D eigenvalue weighted by Gasteiger charge is 2.31. The highest BCUT2D eigenvalue weighted by Crippen LogP contribution is 2.24. The number of rotatable bonds is 4. The van der Waals surface area contributed by atoms with E-state index in [9.17, 15) is 14.7 Å². The van der Waals surface area contributed by atoms with E-state index in [4.69, 9.17) is 0 Å². The maximum atomic E-state index is 12.7. The third-order valence-corrected chi connectivity index (χ3v) is 4.43. The number of carbonyl (C=O) groups excluding carboxylic acids is 1. The Labute approximate surface area is 140 Å². The van der Waals surface area contributed by atoms with E-state index in [0.29, 0.717) is 29.9 Å². The number of hydrogen-bond donors (Lipinski definition) is 1. The van der Waals surface area contributed by atoms with Crippen LogP contribution in [0.25, 0.3) is 10.9 Å². The summed E-state index contributed by atoms with van der Waals surface area (Å²) in [4.78, 5) is 33.1. The minimum absolute atomic E-state index is 0.0917. The van der Waals surface area contributed by atoms with Crippen LogP contribution in [0.4, 0.5) is 5.95 Å². The van der Waals surface area contributed by atoms with Gasteiger partial charge in [-0.15, -0.1) is 0 Å². The molecule has 2 aromatic rings. The molecular formula is C17H22N4O3. The van der Waals surface area contributed by atoms with Crippen molar-refractivity contribution in [2.24, 2.45) is 5.92 Å². The van der Waals surface area contributed by atoms with E-state index in [1.807, 2.05) is 17.0 Å². The summed E-state index contributed by atoms with van der Waals surface area (Å²) in [7, 11) is 3.50. The van der Waals surface area contributed by atoms with E-state index in [0.717, 1.165) is 6.42 Å². The molecule has 24 heavy (non-hydrogen) atoms. The van der Waals surface area contributed by atoms with Crippen LogP contribution in [0, 0.1) is 5.92 Å². The normalized spacial score (nSPS) is 17.5. The highest BCUT2D eigenvalue weighted by molar-refractivity contribution is 5.80. The molecule has 0 aliphatic carbocycles. The molecule has 1 amide bonds. The molecule has 0 radical (unpaired) electrons. The predicted octanol–water partition coefficient (Wildman–Crippen LogP) is 0.303. The minimum Gasteiger partial charge on any atom is -0.395 e. The molecule has 0 bridgehead atoms. The monoisotopic (exact) mass is 330 g/mol. The highest BCUT2D eigenvalue weighted by atomic mass is 16.3. The van der Waals surface area contributed by atoms with Gasteiger partial charge < -0.3 is 14.9 Å². The SMILES string of the molecule is CN(C)C(=O)C1CCN(c2nc3ccccc3c(=O)n2CCO)C1. The molecule has 7 nitrogen and oxygen atoms in total. The largest absolute Gasteiger partial charge is 0.395 e. The van der Waals surface area contributed by atoms with Crippen molar-refractivity contribution in [1.82, 2.24) is 14.5 Å². The lowest BCUT2D eigenvalue weighted by Gasteiger charge is -2.22. The van der Waals surface area contributed by atoms with Crippen LogP contribution in [0.1, 0.15) is 6.42 Å². The standard InChI is InChI=1S/C17H22N4O3/c1-19(2)15(23)12-7-8-20(11-12)17-18-14-6-4-3-5-13(14)16(24)21(17)9-10-22/h3-6,12,22H,7-11H2,1-2H3. The Kier molecular flexibility index (Phi) is 4.53. The Morgan fingerprint density at radius 1 is 1.38 bits per heavy atom. The van der Waals surface area contributed by atoms with E-state index >= 15 is 0 Å². The number of amides is 1. The second-order valence-electron chi connectivity index (χ2n) is 6.27. The Morgan fingerprint density at radius 2 is 2.12 bits per heavy atom. The maximum absolute atomic E-state index is 12.7. The second kappa shape index (κ2) is 6.60. The van der Waals surface area contributed by atoms with Crippen LogP contribution < -0.4 is 10.5 Å². The summed E-state index contributed by atoms with van der Waals surface area (Å²) >= 11 is 0. The second-order valence-corrected chi connectivity index (χ2v) is 6.27. The lowest BCUT2D eigenvalue weighted by atomic mass is 10.1. The minimum atomic E-state index is -0.160. The fourth-order valence-electron chi connectivity index (χ4n) is 3.21. The van der Waals surface area contributed by atoms with Crippen LogP contribution in [-0.4, -0.2) is 59.3 Å². The molecule has 1 unspecified atom stereocenters. The fourth-order valence-corrected chi connectivity index (χ4v) is 3.21. The first-order chi connectivity index (χ1) is 11.5. The van der Waals surface area contributed by atoms with E-state index < -0.39 is 0 Å². The van der Waals surface area contributed by atoms with Crippen LogP contribution in [0.15, 0.2) is 29.1 Å². The van der Waals surface area contributed by atoms with Gasteiger partial charge in [0.1, 0.15) is 0 Å². The van der Waals surface area contributed by atoms with Crippen molar-refractivity contribution in [3.8, 4) is 0 Å². The Balaban J connectivity index is 2.01. The van der Waals surface area contributed by atoms with Gasteiger partial charge in [-0.2, -0.15) is 0 Å². The summed E-state index contributed by atoms with van der Waals surface area (Å²) in [6.07, 6.45) is 0.735. The van der Waals surface area contributed by atoms with Crippen molar-refractivity contribution in [3.63, 3.8) is 0 Å². The van der Waals surface area contributed by atoms with Gasteiger partial charge >= 0.3 is 0 Å². The summed E-state index contributed by atoms with van der Waals surface area (Å²) in [5, 5.41) is 9.87. The number of carbonyl (C=O) groups is 1. The van der Waals surface area contributed by atoms with Crippen LogP contribution in [0.3, 0.4) is 0 Å². The molecule has 1 fully saturated rings. The number of para-hydroxylation sites is 1. The van der Waals surface area contributed by atoms with Gasteiger partial charge in [0.2, 0.25) is 11.9 Å². The van der Waals surface area contributed by atoms with Crippen molar-refractivity contribution in [3.05, 3.63) is 34.6 Å². The molecule has 1 saturated heterocycles. The Hall–Kier alpha value is -2.41. The first-order valence-corrected chi connectivity index (χ1v) is 8.09. The van der Waals surface area contributed by atoms with Gasteiger partial charge in [-0.3, -0.25) is 14.2 Å². The smallest absolute Gasteiger partial charge is 0.262 e. The van der Waals surface area contributed by atoms with Crippen LogP contribution in [0.2, 0.25) is 0 Å². The van der Waals surface area contributed by atoms with Gasteiger partial charge in [0.25, 0.3) is 5.56 Å². The molecule has 128 valence electrons. The number of aliphatic hydroxyl groups excluding tert-OH is 1. The lowest BCUT2D eigenvalue weighted by Crippen LogP contribution is -2.35. The van der Waals surface area contributed by atoms with Gasteiger partial charge in [0.05, 0.1) is 30.0 Å². The number of anilines is 1. The van der Waals surface area contributed by atoms with Crippen molar-refractivity contribution in [1.29, 1.82) is 0 Å². The quantitative estimate of drug-likeness (QED) is 0.872. The number of hydrogen-bond acceptors (Lipinski definition) is 5. The van der Waals surface area contributed by atoms with E-state index in [1.54, 1.807) is 31.1 Å². The van der Waals surface area contributed by atoms with E-state index in [-0.39, 0.29) is 30.5 Å². The maximum Gasteiger partial charge on any atom is 0.262 e. The molecule has 1 aliphatic heterocycles. The van der Waals surface area contributed by atoms with Gasteiger partial charge in [-0.1, -0.05) is 12.1 Å². The lowest BCUT2D eigenvalue weighted by molar-refractivity contribution is -0.132. The first-order valence-electron chi connectivity index (χ1n) is 8.09. The van der Waals surface area contributed by atoms with Gasteiger partial charge in [0.15, 0.2) is 0 Å².